The third-order valence-electron chi connectivity index (χ3n) is 4.65. The maximum absolute atomic E-state index is 13.2. The Balaban J connectivity index is 1.55. The first-order chi connectivity index (χ1) is 14.3. The standard InChI is InChI=1S/C19H16Cl2N4O3S2/c1-11-8-17(13(21)9-12(11)20)30(27,28)25-7-5-14-16(10-25)29-19(23-14)24-18(26)15-4-2-3-6-22-15/h2-4,6,8-9H,5,7,10H2,1H3,(H,23,24,26). The molecule has 1 aromatic carbocycles. The van der Waals surface area contributed by atoms with Crippen LogP contribution in [0.2, 0.25) is 10.0 Å². The van der Waals surface area contributed by atoms with E-state index in [-0.39, 0.29) is 34.6 Å². The van der Waals surface area contributed by atoms with Crippen LogP contribution in [0.25, 0.3) is 0 Å². The van der Waals surface area contributed by atoms with Crippen LogP contribution in [0.5, 0.6) is 0 Å². The maximum atomic E-state index is 13.2. The lowest BCUT2D eigenvalue weighted by molar-refractivity contribution is 0.102. The number of thiazole rings is 1. The molecule has 30 heavy (non-hydrogen) atoms. The van der Waals surface area contributed by atoms with Gasteiger partial charge < -0.3 is 0 Å². The van der Waals surface area contributed by atoms with Gasteiger partial charge in [-0.3, -0.25) is 15.1 Å². The van der Waals surface area contributed by atoms with Crippen LogP contribution in [-0.2, 0) is 23.0 Å². The number of rotatable bonds is 4. The summed E-state index contributed by atoms with van der Waals surface area (Å²) < 4.78 is 27.7. The van der Waals surface area contributed by atoms with Crippen molar-refractivity contribution in [3.63, 3.8) is 0 Å². The van der Waals surface area contributed by atoms with Crippen LogP contribution in [-0.4, -0.2) is 35.1 Å². The zero-order valence-corrected chi connectivity index (χ0v) is 18.9. The Morgan fingerprint density at radius 3 is 2.77 bits per heavy atom. The van der Waals surface area contributed by atoms with E-state index >= 15 is 0 Å². The Morgan fingerprint density at radius 2 is 2.03 bits per heavy atom. The van der Waals surface area contributed by atoms with Crippen LogP contribution in [0.3, 0.4) is 0 Å². The van der Waals surface area contributed by atoms with Gasteiger partial charge in [-0.15, -0.1) is 11.3 Å². The number of hydrogen-bond donors (Lipinski definition) is 1. The van der Waals surface area contributed by atoms with Crippen LogP contribution >= 0.6 is 34.5 Å². The van der Waals surface area contributed by atoms with Crippen molar-refractivity contribution in [2.75, 3.05) is 11.9 Å². The highest BCUT2D eigenvalue weighted by atomic mass is 35.5. The molecule has 0 radical (unpaired) electrons. The summed E-state index contributed by atoms with van der Waals surface area (Å²) in [4.78, 5) is 21.6. The molecule has 0 aliphatic carbocycles. The molecule has 0 spiro atoms. The Morgan fingerprint density at radius 1 is 1.23 bits per heavy atom. The summed E-state index contributed by atoms with van der Waals surface area (Å²) in [6.45, 7) is 2.16. The first-order valence-corrected chi connectivity index (χ1v) is 11.9. The van der Waals surface area contributed by atoms with Gasteiger partial charge in [0.15, 0.2) is 5.13 Å². The van der Waals surface area contributed by atoms with Crippen molar-refractivity contribution in [1.29, 1.82) is 0 Å². The Hall–Kier alpha value is -2.04. The van der Waals surface area contributed by atoms with Crippen molar-refractivity contribution in [3.8, 4) is 0 Å². The molecule has 0 saturated carbocycles. The fourth-order valence-electron chi connectivity index (χ4n) is 3.06. The van der Waals surface area contributed by atoms with Crippen molar-refractivity contribution < 1.29 is 13.2 Å². The van der Waals surface area contributed by atoms with Crippen molar-refractivity contribution in [2.24, 2.45) is 0 Å². The van der Waals surface area contributed by atoms with Crippen molar-refractivity contribution in [2.45, 2.75) is 24.8 Å². The second kappa shape index (κ2) is 8.24. The normalized spacial score (nSPS) is 14.4. The molecule has 7 nitrogen and oxygen atoms in total. The predicted molar refractivity (Wildman–Crippen MR) is 117 cm³/mol. The van der Waals surface area contributed by atoms with Gasteiger partial charge in [0.25, 0.3) is 5.91 Å². The highest BCUT2D eigenvalue weighted by molar-refractivity contribution is 7.89. The Bertz CT molecular complexity index is 1230. The summed E-state index contributed by atoms with van der Waals surface area (Å²) in [6.07, 6.45) is 1.98. The molecule has 0 atom stereocenters. The summed E-state index contributed by atoms with van der Waals surface area (Å²) in [6, 6.07) is 7.98. The number of aryl methyl sites for hydroxylation is 1. The van der Waals surface area contributed by atoms with Gasteiger partial charge in [0.2, 0.25) is 10.0 Å². The van der Waals surface area contributed by atoms with Crippen LogP contribution in [0, 0.1) is 6.92 Å². The minimum atomic E-state index is -3.81. The molecule has 0 saturated heterocycles. The van der Waals surface area contributed by atoms with Gasteiger partial charge in [0.1, 0.15) is 10.6 Å². The average Bonchev–Trinajstić information content (AvgIpc) is 3.12. The summed E-state index contributed by atoms with van der Waals surface area (Å²) in [7, 11) is -3.81. The minimum Gasteiger partial charge on any atom is -0.296 e. The number of aromatic nitrogens is 2. The first kappa shape index (κ1) is 21.2. The number of hydrogen-bond acceptors (Lipinski definition) is 6. The van der Waals surface area contributed by atoms with Gasteiger partial charge in [-0.1, -0.05) is 29.3 Å². The summed E-state index contributed by atoms with van der Waals surface area (Å²) >= 11 is 13.5. The van der Waals surface area contributed by atoms with E-state index < -0.39 is 10.0 Å². The molecule has 0 bridgehead atoms. The zero-order chi connectivity index (χ0) is 21.5. The topological polar surface area (TPSA) is 92.3 Å². The number of benzene rings is 1. The second-order valence-corrected chi connectivity index (χ2v) is 10.5. The highest BCUT2D eigenvalue weighted by Crippen LogP contribution is 2.34. The number of nitrogens with zero attached hydrogens (tertiary/aromatic N) is 3. The molecule has 2 aromatic heterocycles. The molecule has 4 rings (SSSR count). The first-order valence-electron chi connectivity index (χ1n) is 8.92. The molecule has 11 heteroatoms. The van der Waals surface area contributed by atoms with Crippen LogP contribution in [0.15, 0.2) is 41.4 Å². The molecule has 3 aromatic rings. The Labute approximate surface area is 187 Å². The van der Waals surface area contributed by atoms with E-state index in [2.05, 4.69) is 15.3 Å². The molecule has 3 heterocycles. The number of amides is 1. The Kier molecular flexibility index (Phi) is 5.82. The van der Waals surface area contributed by atoms with Crippen LogP contribution in [0.1, 0.15) is 26.6 Å². The molecule has 156 valence electrons. The molecule has 1 amide bonds. The summed E-state index contributed by atoms with van der Waals surface area (Å²) in [5.41, 5.74) is 1.69. The fourth-order valence-corrected chi connectivity index (χ4v) is 6.37. The SMILES string of the molecule is Cc1cc(S(=O)(=O)N2CCc3nc(NC(=O)c4ccccn4)sc3C2)c(Cl)cc1Cl. The lowest BCUT2D eigenvalue weighted by Crippen LogP contribution is -2.35. The number of anilines is 1. The van der Waals surface area contributed by atoms with E-state index in [1.165, 1.54) is 34.0 Å². The molecular formula is C19H16Cl2N4O3S2. The monoisotopic (exact) mass is 482 g/mol. The van der Waals surface area contributed by atoms with Gasteiger partial charge in [-0.2, -0.15) is 4.31 Å². The van der Waals surface area contributed by atoms with E-state index in [9.17, 15) is 13.2 Å². The average molecular weight is 483 g/mol. The summed E-state index contributed by atoms with van der Waals surface area (Å²) in [5.74, 6) is -0.366. The van der Waals surface area contributed by atoms with Gasteiger partial charge in [-0.25, -0.2) is 13.4 Å². The van der Waals surface area contributed by atoms with Crippen LogP contribution in [0.4, 0.5) is 5.13 Å². The van der Waals surface area contributed by atoms with E-state index in [0.717, 1.165) is 10.6 Å². The lowest BCUT2D eigenvalue weighted by Gasteiger charge is -2.26. The van der Waals surface area contributed by atoms with Crippen molar-refractivity contribution in [3.05, 3.63) is 68.4 Å². The smallest absolute Gasteiger partial charge is 0.276 e. The number of pyridine rings is 1. The molecule has 1 aliphatic heterocycles. The lowest BCUT2D eigenvalue weighted by atomic mass is 10.2. The molecule has 1 N–H and O–H groups in total. The maximum Gasteiger partial charge on any atom is 0.276 e. The number of nitrogens with one attached hydrogen (secondary N) is 1. The zero-order valence-electron chi connectivity index (χ0n) is 15.7. The molecule has 1 aliphatic rings. The van der Waals surface area contributed by atoms with Gasteiger partial charge in [-0.05, 0) is 36.8 Å². The van der Waals surface area contributed by atoms with E-state index in [0.29, 0.717) is 22.1 Å². The quantitative estimate of drug-likeness (QED) is 0.602. The number of carbonyl (C=O) groups is 1. The molecular weight excluding hydrogens is 467 g/mol. The van der Waals surface area contributed by atoms with Gasteiger partial charge in [0.05, 0.1) is 17.3 Å². The van der Waals surface area contributed by atoms with Crippen molar-refractivity contribution >= 4 is 55.6 Å². The van der Waals surface area contributed by atoms with Gasteiger partial charge >= 0.3 is 0 Å². The number of fused-ring (bicyclic) bond motifs is 1. The second-order valence-electron chi connectivity index (χ2n) is 6.68. The minimum absolute atomic E-state index is 0.0303. The molecule has 0 fully saturated rings. The number of sulfonamides is 1. The largest absolute Gasteiger partial charge is 0.296 e. The third-order valence-corrected chi connectivity index (χ3v) is 8.36. The van der Waals surface area contributed by atoms with Crippen LogP contribution < -0.4 is 5.32 Å². The van der Waals surface area contributed by atoms with E-state index in [1.807, 2.05) is 0 Å². The van der Waals surface area contributed by atoms with Crippen molar-refractivity contribution in [1.82, 2.24) is 14.3 Å². The third kappa shape index (κ3) is 4.08. The highest BCUT2D eigenvalue weighted by Gasteiger charge is 2.32. The molecule has 0 unspecified atom stereocenters. The summed E-state index contributed by atoms with van der Waals surface area (Å²) in [5, 5.41) is 3.64. The number of carbonyl (C=O) groups excluding carboxylic acids is 1. The fraction of sp³-hybridized carbons (Fsp3) is 0.211. The number of halogens is 2. The van der Waals surface area contributed by atoms with E-state index in [1.54, 1.807) is 25.1 Å². The predicted octanol–water partition coefficient (Wildman–Crippen LogP) is 4.15. The van der Waals surface area contributed by atoms with Gasteiger partial charge in [0, 0.05) is 29.1 Å². The van der Waals surface area contributed by atoms with E-state index in [4.69, 9.17) is 23.2 Å².